The Labute approximate surface area is 143 Å². The average Bonchev–Trinajstić information content (AvgIpc) is 2.58. The Bertz CT molecular complexity index is 761. The molecule has 0 saturated heterocycles. The summed E-state index contributed by atoms with van der Waals surface area (Å²) in [7, 11) is -3.39. The summed E-state index contributed by atoms with van der Waals surface area (Å²) < 4.78 is 25.6. The number of amides is 1. The molecular formula is C18H22N2O3S. The molecule has 24 heavy (non-hydrogen) atoms. The van der Waals surface area contributed by atoms with Gasteiger partial charge in [0.1, 0.15) is 0 Å². The van der Waals surface area contributed by atoms with E-state index in [2.05, 4.69) is 5.32 Å². The number of nitrogens with zero attached hydrogens (tertiary/aromatic N) is 1. The summed E-state index contributed by atoms with van der Waals surface area (Å²) in [4.78, 5) is 12.0. The molecule has 2 rings (SSSR count). The zero-order chi connectivity index (χ0) is 17.6. The van der Waals surface area contributed by atoms with Crippen LogP contribution in [0, 0.1) is 0 Å². The number of hydrogen-bond donors (Lipinski definition) is 1. The zero-order valence-corrected chi connectivity index (χ0v) is 14.7. The van der Waals surface area contributed by atoms with E-state index in [1.54, 1.807) is 24.3 Å². The van der Waals surface area contributed by atoms with Crippen LogP contribution in [-0.4, -0.2) is 38.0 Å². The van der Waals surface area contributed by atoms with Crippen molar-refractivity contribution in [2.24, 2.45) is 0 Å². The maximum Gasteiger partial charge on any atom is 0.251 e. The van der Waals surface area contributed by atoms with Gasteiger partial charge < -0.3 is 5.32 Å². The lowest BCUT2D eigenvalue weighted by atomic mass is 10.1. The van der Waals surface area contributed by atoms with Crippen LogP contribution in [0.2, 0.25) is 0 Å². The van der Waals surface area contributed by atoms with Crippen molar-refractivity contribution in [3.8, 4) is 0 Å². The fraction of sp³-hybridized carbons (Fsp3) is 0.278. The average molecular weight is 346 g/mol. The smallest absolute Gasteiger partial charge is 0.251 e. The van der Waals surface area contributed by atoms with Crippen LogP contribution in [0.3, 0.4) is 0 Å². The molecular weight excluding hydrogens is 324 g/mol. The number of sulfonamides is 1. The first-order valence-electron chi connectivity index (χ1n) is 7.74. The quantitative estimate of drug-likeness (QED) is 0.837. The molecule has 2 aromatic carbocycles. The van der Waals surface area contributed by atoms with Crippen molar-refractivity contribution in [2.45, 2.75) is 13.0 Å². The van der Waals surface area contributed by atoms with Crippen LogP contribution in [0.5, 0.6) is 0 Å². The molecule has 0 bridgehead atoms. The molecule has 1 N–H and O–H groups in total. The molecule has 6 heteroatoms. The van der Waals surface area contributed by atoms with E-state index in [4.69, 9.17) is 0 Å². The van der Waals surface area contributed by atoms with E-state index in [1.165, 1.54) is 10.6 Å². The zero-order valence-electron chi connectivity index (χ0n) is 13.8. The van der Waals surface area contributed by atoms with Crippen LogP contribution in [-0.2, 0) is 10.0 Å². The van der Waals surface area contributed by atoms with Crippen molar-refractivity contribution in [3.63, 3.8) is 0 Å². The van der Waals surface area contributed by atoms with Crippen molar-refractivity contribution in [2.75, 3.05) is 19.3 Å². The van der Waals surface area contributed by atoms with Gasteiger partial charge in [0.15, 0.2) is 0 Å². The van der Waals surface area contributed by atoms with E-state index in [9.17, 15) is 13.2 Å². The molecule has 0 heterocycles. The predicted octanol–water partition coefficient (Wildman–Crippen LogP) is 2.44. The SMILES string of the molecule is CC(c1ccccc1)N(CCNC(=O)c1ccccc1)S(C)(=O)=O. The number of benzene rings is 2. The molecule has 5 nitrogen and oxygen atoms in total. The summed E-state index contributed by atoms with van der Waals surface area (Å²) in [6.07, 6.45) is 1.19. The molecule has 1 unspecified atom stereocenters. The van der Waals surface area contributed by atoms with E-state index < -0.39 is 10.0 Å². The molecule has 0 fully saturated rings. The number of carbonyl (C=O) groups is 1. The lowest BCUT2D eigenvalue weighted by Crippen LogP contribution is -2.39. The fourth-order valence-corrected chi connectivity index (χ4v) is 3.63. The highest BCUT2D eigenvalue weighted by molar-refractivity contribution is 7.88. The Morgan fingerprint density at radius 1 is 1.04 bits per heavy atom. The first kappa shape index (κ1) is 18.2. The second-order valence-electron chi connectivity index (χ2n) is 5.58. The maximum atomic E-state index is 12.1. The Balaban J connectivity index is 2.01. The van der Waals surface area contributed by atoms with Gasteiger partial charge in [-0.15, -0.1) is 0 Å². The number of carbonyl (C=O) groups excluding carboxylic acids is 1. The highest BCUT2D eigenvalue weighted by Gasteiger charge is 2.24. The lowest BCUT2D eigenvalue weighted by Gasteiger charge is -2.27. The molecule has 0 saturated carbocycles. The fourth-order valence-electron chi connectivity index (χ4n) is 2.52. The van der Waals surface area contributed by atoms with Gasteiger partial charge in [-0.1, -0.05) is 48.5 Å². The van der Waals surface area contributed by atoms with Crippen molar-refractivity contribution in [1.82, 2.24) is 9.62 Å². The minimum atomic E-state index is -3.39. The van der Waals surface area contributed by atoms with Crippen LogP contribution in [0.25, 0.3) is 0 Å². The molecule has 0 radical (unpaired) electrons. The Morgan fingerprint density at radius 3 is 2.12 bits per heavy atom. The van der Waals surface area contributed by atoms with Gasteiger partial charge in [0.05, 0.1) is 6.26 Å². The molecule has 0 aliphatic rings. The summed E-state index contributed by atoms with van der Waals surface area (Å²) in [5.41, 5.74) is 1.47. The van der Waals surface area contributed by atoms with E-state index in [0.717, 1.165) is 5.56 Å². The third kappa shape index (κ3) is 4.91. The molecule has 0 spiro atoms. The lowest BCUT2D eigenvalue weighted by molar-refractivity contribution is 0.0950. The minimum absolute atomic E-state index is 0.212. The largest absolute Gasteiger partial charge is 0.351 e. The highest BCUT2D eigenvalue weighted by atomic mass is 32.2. The third-order valence-electron chi connectivity index (χ3n) is 3.79. The van der Waals surface area contributed by atoms with Crippen LogP contribution in [0.1, 0.15) is 28.9 Å². The molecule has 128 valence electrons. The highest BCUT2D eigenvalue weighted by Crippen LogP contribution is 2.21. The van der Waals surface area contributed by atoms with E-state index in [1.807, 2.05) is 43.3 Å². The van der Waals surface area contributed by atoms with Crippen LogP contribution in [0.15, 0.2) is 60.7 Å². The van der Waals surface area contributed by atoms with Crippen LogP contribution < -0.4 is 5.32 Å². The minimum Gasteiger partial charge on any atom is -0.351 e. The number of hydrogen-bond acceptors (Lipinski definition) is 3. The normalized spacial score (nSPS) is 12.8. The van der Waals surface area contributed by atoms with Gasteiger partial charge in [-0.3, -0.25) is 4.79 Å². The third-order valence-corrected chi connectivity index (χ3v) is 5.14. The van der Waals surface area contributed by atoms with Gasteiger partial charge in [0.25, 0.3) is 5.91 Å². The Kier molecular flexibility index (Phi) is 6.11. The topological polar surface area (TPSA) is 66.5 Å². The predicted molar refractivity (Wildman–Crippen MR) is 95.2 cm³/mol. The van der Waals surface area contributed by atoms with Gasteiger partial charge >= 0.3 is 0 Å². The molecule has 0 aliphatic carbocycles. The van der Waals surface area contributed by atoms with Gasteiger partial charge in [0.2, 0.25) is 10.0 Å². The number of rotatable bonds is 7. The molecule has 0 aliphatic heterocycles. The van der Waals surface area contributed by atoms with Crippen molar-refractivity contribution in [1.29, 1.82) is 0 Å². The van der Waals surface area contributed by atoms with Gasteiger partial charge in [0, 0.05) is 24.7 Å². The monoisotopic (exact) mass is 346 g/mol. The number of nitrogens with one attached hydrogen (secondary N) is 1. The van der Waals surface area contributed by atoms with Gasteiger partial charge in [-0.25, -0.2) is 8.42 Å². The summed E-state index contributed by atoms with van der Waals surface area (Å²) in [6.45, 7) is 2.31. The second-order valence-corrected chi connectivity index (χ2v) is 7.52. The Morgan fingerprint density at radius 2 is 1.58 bits per heavy atom. The standard InChI is InChI=1S/C18H22N2O3S/c1-15(16-9-5-3-6-10-16)20(24(2,22)23)14-13-19-18(21)17-11-7-4-8-12-17/h3-12,15H,13-14H2,1-2H3,(H,19,21). The Hall–Kier alpha value is -2.18. The summed E-state index contributed by atoms with van der Waals surface area (Å²) in [6, 6.07) is 18.0. The van der Waals surface area contributed by atoms with Crippen molar-refractivity contribution < 1.29 is 13.2 Å². The van der Waals surface area contributed by atoms with Crippen molar-refractivity contribution in [3.05, 3.63) is 71.8 Å². The van der Waals surface area contributed by atoms with Gasteiger partial charge in [-0.2, -0.15) is 4.31 Å². The molecule has 2 aromatic rings. The van der Waals surface area contributed by atoms with E-state index in [0.29, 0.717) is 5.56 Å². The maximum absolute atomic E-state index is 12.1. The van der Waals surface area contributed by atoms with Crippen molar-refractivity contribution >= 4 is 15.9 Å². The molecule has 0 aromatic heterocycles. The van der Waals surface area contributed by atoms with E-state index in [-0.39, 0.29) is 25.0 Å². The molecule has 1 atom stereocenters. The van der Waals surface area contributed by atoms with Crippen LogP contribution in [0.4, 0.5) is 0 Å². The summed E-state index contributed by atoms with van der Waals surface area (Å²) in [5, 5.41) is 2.76. The first-order chi connectivity index (χ1) is 11.4. The van der Waals surface area contributed by atoms with Crippen LogP contribution >= 0.6 is 0 Å². The van der Waals surface area contributed by atoms with E-state index >= 15 is 0 Å². The molecule has 1 amide bonds. The van der Waals surface area contributed by atoms with Gasteiger partial charge in [-0.05, 0) is 24.6 Å². The second kappa shape index (κ2) is 8.08. The first-order valence-corrected chi connectivity index (χ1v) is 9.59. The summed E-state index contributed by atoms with van der Waals surface area (Å²) in [5.74, 6) is -0.212. The summed E-state index contributed by atoms with van der Waals surface area (Å²) >= 11 is 0.